The molecule has 0 atom stereocenters. The van der Waals surface area contributed by atoms with Gasteiger partial charge < -0.3 is 4.90 Å². The second-order valence-corrected chi connectivity index (χ2v) is 8.09. The summed E-state index contributed by atoms with van der Waals surface area (Å²) in [7, 11) is -3.37. The molecule has 0 bridgehead atoms. The lowest BCUT2D eigenvalue weighted by molar-refractivity contribution is 0.0627. The van der Waals surface area contributed by atoms with Gasteiger partial charge in [0.05, 0.1) is 11.9 Å². The van der Waals surface area contributed by atoms with E-state index in [9.17, 15) is 13.2 Å². The molecule has 1 N–H and O–H groups in total. The minimum absolute atomic E-state index is 0.0837. The van der Waals surface area contributed by atoms with Crippen LogP contribution in [0.25, 0.3) is 0 Å². The van der Waals surface area contributed by atoms with Crippen molar-refractivity contribution in [3.63, 3.8) is 0 Å². The molecular formula is C18H22N4O3S. The molecule has 0 aliphatic carbocycles. The molecule has 1 fully saturated rings. The molecule has 0 radical (unpaired) electrons. The van der Waals surface area contributed by atoms with E-state index < -0.39 is 10.0 Å². The lowest BCUT2D eigenvalue weighted by Crippen LogP contribution is -2.48. The van der Waals surface area contributed by atoms with Gasteiger partial charge in [0, 0.05) is 50.2 Å². The van der Waals surface area contributed by atoms with E-state index in [0.717, 1.165) is 31.6 Å². The molecule has 0 saturated carbocycles. The summed E-state index contributed by atoms with van der Waals surface area (Å²) in [6.45, 7) is 3.61. The number of nitrogens with one attached hydrogen (secondary N) is 1. The summed E-state index contributed by atoms with van der Waals surface area (Å²) >= 11 is 0. The largest absolute Gasteiger partial charge is 0.336 e. The molecule has 2 aromatic rings. The summed E-state index contributed by atoms with van der Waals surface area (Å²) in [6, 6.07) is 12.4. The van der Waals surface area contributed by atoms with Gasteiger partial charge in [-0.05, 0) is 30.3 Å². The van der Waals surface area contributed by atoms with Gasteiger partial charge >= 0.3 is 0 Å². The molecule has 26 heavy (non-hydrogen) atoms. The topological polar surface area (TPSA) is 82.6 Å². The number of aromatic nitrogens is 1. The molecule has 1 aliphatic heterocycles. The Hall–Kier alpha value is -2.45. The van der Waals surface area contributed by atoms with Gasteiger partial charge in [-0.1, -0.05) is 12.1 Å². The number of piperazine rings is 1. The fourth-order valence-electron chi connectivity index (χ4n) is 2.94. The Morgan fingerprint density at radius 3 is 2.54 bits per heavy atom. The second-order valence-electron chi connectivity index (χ2n) is 6.34. The van der Waals surface area contributed by atoms with Crippen molar-refractivity contribution in [2.75, 3.05) is 37.2 Å². The minimum atomic E-state index is -3.37. The average molecular weight is 374 g/mol. The molecule has 1 aliphatic rings. The van der Waals surface area contributed by atoms with E-state index in [1.807, 2.05) is 18.2 Å². The number of rotatable bonds is 5. The summed E-state index contributed by atoms with van der Waals surface area (Å²) < 4.78 is 25.1. The predicted molar refractivity (Wildman–Crippen MR) is 100 cm³/mol. The highest BCUT2D eigenvalue weighted by Crippen LogP contribution is 2.15. The maximum atomic E-state index is 12.7. The first-order valence-corrected chi connectivity index (χ1v) is 10.3. The van der Waals surface area contributed by atoms with Gasteiger partial charge in [0.15, 0.2) is 0 Å². The number of hydrogen-bond donors (Lipinski definition) is 1. The summed E-state index contributed by atoms with van der Waals surface area (Å²) in [6.07, 6.45) is 2.87. The van der Waals surface area contributed by atoms with Crippen LogP contribution in [-0.4, -0.2) is 61.5 Å². The first kappa shape index (κ1) is 18.3. The van der Waals surface area contributed by atoms with E-state index in [0.29, 0.717) is 24.3 Å². The van der Waals surface area contributed by atoms with Crippen LogP contribution in [0, 0.1) is 0 Å². The normalized spacial score (nSPS) is 15.7. The van der Waals surface area contributed by atoms with Crippen LogP contribution in [0.4, 0.5) is 5.69 Å². The van der Waals surface area contributed by atoms with Gasteiger partial charge in [0.2, 0.25) is 10.0 Å². The summed E-state index contributed by atoms with van der Waals surface area (Å²) in [4.78, 5) is 21.1. The minimum Gasteiger partial charge on any atom is -0.336 e. The Bertz CT molecular complexity index is 863. The lowest BCUT2D eigenvalue weighted by atomic mass is 10.1. The first-order chi connectivity index (χ1) is 12.4. The molecule has 2 heterocycles. The molecular weight excluding hydrogens is 352 g/mol. The highest BCUT2D eigenvalue weighted by atomic mass is 32.2. The monoisotopic (exact) mass is 374 g/mol. The SMILES string of the molecule is CS(=O)(=O)Nc1cccc(C(=O)N2CCN(Cc3ccccn3)CC2)c1. The molecule has 1 saturated heterocycles. The van der Waals surface area contributed by atoms with Gasteiger partial charge in [-0.2, -0.15) is 0 Å². The van der Waals surface area contributed by atoms with Gasteiger partial charge in [-0.15, -0.1) is 0 Å². The fraction of sp³-hybridized carbons (Fsp3) is 0.333. The van der Waals surface area contributed by atoms with E-state index in [2.05, 4.69) is 14.6 Å². The van der Waals surface area contributed by atoms with E-state index in [1.54, 1.807) is 35.4 Å². The Morgan fingerprint density at radius 1 is 1.12 bits per heavy atom. The zero-order chi connectivity index (χ0) is 18.6. The quantitative estimate of drug-likeness (QED) is 0.856. The number of amides is 1. The molecule has 1 amide bonds. The third kappa shape index (κ3) is 5.03. The smallest absolute Gasteiger partial charge is 0.254 e. The van der Waals surface area contributed by atoms with Crippen LogP contribution in [-0.2, 0) is 16.6 Å². The molecule has 1 aromatic heterocycles. The van der Waals surface area contributed by atoms with Crippen molar-refractivity contribution in [3.8, 4) is 0 Å². The van der Waals surface area contributed by atoms with Crippen LogP contribution in [0.15, 0.2) is 48.7 Å². The highest BCUT2D eigenvalue weighted by Gasteiger charge is 2.22. The third-order valence-corrected chi connectivity index (χ3v) is 4.79. The maximum Gasteiger partial charge on any atom is 0.254 e. The van der Waals surface area contributed by atoms with Gasteiger partial charge in [-0.3, -0.25) is 19.4 Å². The Labute approximate surface area is 153 Å². The summed E-state index contributed by atoms with van der Waals surface area (Å²) in [5.74, 6) is -0.0837. The molecule has 3 rings (SSSR count). The third-order valence-electron chi connectivity index (χ3n) is 4.18. The second kappa shape index (κ2) is 7.84. The van der Waals surface area contributed by atoms with Crippen molar-refractivity contribution in [2.24, 2.45) is 0 Å². The average Bonchev–Trinajstić information content (AvgIpc) is 2.61. The van der Waals surface area contributed by atoms with Crippen LogP contribution < -0.4 is 4.72 Å². The van der Waals surface area contributed by atoms with E-state index >= 15 is 0 Å². The van der Waals surface area contributed by atoms with E-state index in [4.69, 9.17) is 0 Å². The van der Waals surface area contributed by atoms with Crippen LogP contribution >= 0.6 is 0 Å². The van der Waals surface area contributed by atoms with Gasteiger partial charge in [-0.25, -0.2) is 8.42 Å². The Morgan fingerprint density at radius 2 is 1.88 bits per heavy atom. The van der Waals surface area contributed by atoms with Crippen molar-refractivity contribution in [1.82, 2.24) is 14.8 Å². The lowest BCUT2D eigenvalue weighted by Gasteiger charge is -2.34. The zero-order valence-electron chi connectivity index (χ0n) is 14.6. The molecule has 1 aromatic carbocycles. The Kier molecular flexibility index (Phi) is 5.53. The fourth-order valence-corrected chi connectivity index (χ4v) is 3.50. The maximum absolute atomic E-state index is 12.7. The Balaban J connectivity index is 1.59. The molecule has 0 unspecified atom stereocenters. The van der Waals surface area contributed by atoms with Crippen LogP contribution in [0.1, 0.15) is 16.1 Å². The number of pyridine rings is 1. The van der Waals surface area contributed by atoms with Crippen molar-refractivity contribution in [2.45, 2.75) is 6.54 Å². The number of nitrogens with zero attached hydrogens (tertiary/aromatic N) is 3. The van der Waals surface area contributed by atoms with Crippen LogP contribution in [0.3, 0.4) is 0 Å². The standard InChI is InChI=1S/C18H22N4O3S/c1-26(24,25)20-16-7-4-5-15(13-16)18(23)22-11-9-21(10-12-22)14-17-6-2-3-8-19-17/h2-8,13,20H,9-12,14H2,1H3. The van der Waals surface area contributed by atoms with Crippen molar-refractivity contribution in [3.05, 3.63) is 59.9 Å². The number of carbonyl (C=O) groups is 1. The van der Waals surface area contributed by atoms with E-state index in [-0.39, 0.29) is 5.91 Å². The number of anilines is 1. The highest BCUT2D eigenvalue weighted by molar-refractivity contribution is 7.92. The number of carbonyl (C=O) groups excluding carboxylic acids is 1. The number of sulfonamides is 1. The number of benzene rings is 1. The van der Waals surface area contributed by atoms with Crippen molar-refractivity contribution < 1.29 is 13.2 Å². The van der Waals surface area contributed by atoms with Gasteiger partial charge in [0.1, 0.15) is 0 Å². The van der Waals surface area contributed by atoms with Crippen molar-refractivity contribution >= 4 is 21.6 Å². The summed E-state index contributed by atoms with van der Waals surface area (Å²) in [5, 5.41) is 0. The predicted octanol–water partition coefficient (Wildman–Crippen LogP) is 1.41. The van der Waals surface area contributed by atoms with Gasteiger partial charge in [0.25, 0.3) is 5.91 Å². The van der Waals surface area contributed by atoms with Crippen molar-refractivity contribution in [1.29, 1.82) is 0 Å². The molecule has 8 heteroatoms. The zero-order valence-corrected chi connectivity index (χ0v) is 15.4. The molecule has 0 spiro atoms. The van der Waals surface area contributed by atoms with Crippen LogP contribution in [0.2, 0.25) is 0 Å². The number of hydrogen-bond acceptors (Lipinski definition) is 5. The molecule has 7 nitrogen and oxygen atoms in total. The first-order valence-electron chi connectivity index (χ1n) is 8.40. The van der Waals surface area contributed by atoms with Crippen LogP contribution in [0.5, 0.6) is 0 Å². The molecule has 138 valence electrons. The van der Waals surface area contributed by atoms with E-state index in [1.165, 1.54) is 0 Å². The summed E-state index contributed by atoms with van der Waals surface area (Å²) in [5.41, 5.74) is 1.90.